The first-order valence-corrected chi connectivity index (χ1v) is 7.97. The van der Waals surface area contributed by atoms with Gasteiger partial charge < -0.3 is 19.8 Å². The highest BCUT2D eigenvalue weighted by atomic mass is 16.5. The maximum atomic E-state index is 10.1. The molecule has 0 bridgehead atoms. The predicted molar refractivity (Wildman–Crippen MR) is 89.8 cm³/mol. The molecule has 0 amide bonds. The van der Waals surface area contributed by atoms with E-state index in [0.717, 1.165) is 17.8 Å². The number of benzene rings is 1. The van der Waals surface area contributed by atoms with Gasteiger partial charge in [0.25, 0.3) is 0 Å². The van der Waals surface area contributed by atoms with Gasteiger partial charge in [-0.2, -0.15) is 0 Å². The minimum Gasteiger partial charge on any atom is -0.492 e. The Morgan fingerprint density at radius 1 is 1.23 bits per heavy atom. The van der Waals surface area contributed by atoms with Gasteiger partial charge in [0, 0.05) is 6.04 Å². The molecule has 4 nitrogen and oxygen atoms in total. The monoisotopic (exact) mass is 304 g/mol. The zero-order valence-corrected chi connectivity index (χ0v) is 14.1. The molecule has 2 N–H and O–H groups in total. The van der Waals surface area contributed by atoms with Crippen molar-refractivity contribution in [2.45, 2.75) is 57.8 Å². The third-order valence-corrected chi connectivity index (χ3v) is 4.46. The van der Waals surface area contributed by atoms with Gasteiger partial charge >= 0.3 is 7.48 Å². The molecule has 1 saturated heterocycles. The van der Waals surface area contributed by atoms with Gasteiger partial charge in [-0.25, -0.2) is 0 Å². The molecule has 1 aliphatic rings. The van der Waals surface area contributed by atoms with Crippen LogP contribution in [0.1, 0.15) is 40.5 Å². The first kappa shape index (κ1) is 17.3. The molecule has 1 aliphatic heterocycles. The van der Waals surface area contributed by atoms with E-state index in [4.69, 9.17) is 9.39 Å². The van der Waals surface area contributed by atoms with Crippen LogP contribution < -0.4 is 15.5 Å². The van der Waals surface area contributed by atoms with Crippen molar-refractivity contribution in [3.63, 3.8) is 0 Å². The quantitative estimate of drug-likeness (QED) is 0.752. The van der Waals surface area contributed by atoms with Gasteiger partial charge in [-0.05, 0) is 59.2 Å². The van der Waals surface area contributed by atoms with Crippen LogP contribution in [-0.2, 0) is 4.65 Å². The van der Waals surface area contributed by atoms with Crippen LogP contribution >= 0.6 is 0 Å². The molecule has 5 heteroatoms. The summed E-state index contributed by atoms with van der Waals surface area (Å²) in [5.74, 6) is 0.868. The van der Waals surface area contributed by atoms with Crippen LogP contribution in [0.5, 0.6) is 5.75 Å². The molecule has 2 rings (SSSR count). The maximum absolute atomic E-state index is 10.1. The summed E-state index contributed by atoms with van der Waals surface area (Å²) in [5.41, 5.74) is -0.624. The highest BCUT2D eigenvalue weighted by Gasteiger charge is 2.35. The molecular weight excluding hydrogens is 277 g/mol. The summed E-state index contributed by atoms with van der Waals surface area (Å²) in [6, 6.07) is 8.28. The van der Waals surface area contributed by atoms with E-state index in [0.29, 0.717) is 12.6 Å². The van der Waals surface area contributed by atoms with Crippen LogP contribution in [0.4, 0.5) is 0 Å². The number of hydrogen-bond donors (Lipinski definition) is 2. The van der Waals surface area contributed by atoms with Gasteiger partial charge in [0.1, 0.15) is 12.4 Å². The Bertz CT molecular complexity index is 462. The fourth-order valence-corrected chi connectivity index (χ4v) is 2.10. The van der Waals surface area contributed by atoms with E-state index < -0.39 is 11.2 Å². The van der Waals surface area contributed by atoms with Gasteiger partial charge in [0.2, 0.25) is 0 Å². The van der Waals surface area contributed by atoms with Gasteiger partial charge in [0.15, 0.2) is 0 Å². The first-order valence-electron chi connectivity index (χ1n) is 7.97. The number of rotatable bonds is 7. The van der Waals surface area contributed by atoms with E-state index in [1.807, 2.05) is 38.1 Å². The molecule has 1 unspecified atom stereocenters. The zero-order chi connectivity index (χ0) is 16.2. The van der Waals surface area contributed by atoms with Crippen molar-refractivity contribution in [2.75, 3.05) is 13.2 Å². The van der Waals surface area contributed by atoms with E-state index >= 15 is 0 Å². The number of hydrogen-bond acceptors (Lipinski definition) is 4. The van der Waals surface area contributed by atoms with Crippen molar-refractivity contribution in [3.05, 3.63) is 24.3 Å². The molecule has 1 heterocycles. The topological polar surface area (TPSA) is 50.7 Å². The third kappa shape index (κ3) is 4.73. The Balaban J connectivity index is 1.81. The summed E-state index contributed by atoms with van der Waals surface area (Å²) >= 11 is 0. The highest BCUT2D eigenvalue weighted by Crippen LogP contribution is 2.24. The molecule has 1 fully saturated rings. The average Bonchev–Trinajstić information content (AvgIpc) is 2.96. The lowest BCUT2D eigenvalue weighted by Crippen LogP contribution is -2.49. The van der Waals surface area contributed by atoms with Crippen molar-refractivity contribution in [2.24, 2.45) is 0 Å². The fourth-order valence-electron chi connectivity index (χ4n) is 2.10. The molecular formula is C17H27BNO3. The number of nitrogens with one attached hydrogen (secondary N) is 1. The summed E-state index contributed by atoms with van der Waals surface area (Å²) in [6.07, 6.45) is 2.42. The SMILES string of the molecule is CC(C)(O)C(C)(C)O[B]c1ccc(OCC2CCCN2)cc1. The fraction of sp³-hybridized carbons (Fsp3) is 0.647. The van der Waals surface area contributed by atoms with Crippen LogP contribution in [-0.4, -0.2) is 43.0 Å². The average molecular weight is 304 g/mol. The number of aliphatic hydroxyl groups is 1. The molecule has 1 radical (unpaired) electrons. The number of ether oxygens (including phenoxy) is 1. The zero-order valence-electron chi connectivity index (χ0n) is 14.1. The summed E-state index contributed by atoms with van der Waals surface area (Å²) in [6.45, 7) is 9.04. The lowest BCUT2D eigenvalue weighted by molar-refractivity contribution is -0.0893. The van der Waals surface area contributed by atoms with E-state index in [9.17, 15) is 5.11 Å². The first-order chi connectivity index (χ1) is 10.3. The molecule has 1 aromatic carbocycles. The van der Waals surface area contributed by atoms with Gasteiger partial charge in [-0.15, -0.1) is 0 Å². The molecule has 0 saturated carbocycles. The molecule has 121 valence electrons. The van der Waals surface area contributed by atoms with Crippen LogP contribution in [0.25, 0.3) is 0 Å². The second kappa shape index (κ2) is 7.03. The summed E-state index contributed by atoms with van der Waals surface area (Å²) in [5, 5.41) is 13.5. The van der Waals surface area contributed by atoms with Gasteiger partial charge in [0.05, 0.1) is 11.2 Å². The predicted octanol–water partition coefficient (Wildman–Crippen LogP) is 1.63. The largest absolute Gasteiger partial charge is 0.492 e. The molecule has 22 heavy (non-hydrogen) atoms. The van der Waals surface area contributed by atoms with Crippen molar-refractivity contribution in [1.29, 1.82) is 0 Å². The minimum absolute atomic E-state index is 0.474. The summed E-state index contributed by atoms with van der Waals surface area (Å²) in [7, 11) is 1.68. The second-order valence-corrected chi connectivity index (χ2v) is 6.98. The van der Waals surface area contributed by atoms with Gasteiger partial charge in [-0.3, -0.25) is 0 Å². The Hall–Kier alpha value is -1.04. The standard InChI is InChI=1S/C17H27BNO3/c1-16(2,20)17(3,4)22-18-13-7-9-15(10-8-13)21-12-14-6-5-11-19-14/h7-10,14,19-20H,5-6,11-12H2,1-4H3. The minimum atomic E-state index is -0.916. The molecule has 1 aromatic rings. The smallest absolute Gasteiger partial charge is 0.330 e. The van der Waals surface area contributed by atoms with E-state index in [2.05, 4.69) is 5.32 Å². The van der Waals surface area contributed by atoms with Crippen LogP contribution in [0.15, 0.2) is 24.3 Å². The lowest BCUT2D eigenvalue weighted by atomic mass is 9.82. The maximum Gasteiger partial charge on any atom is 0.330 e. The Morgan fingerprint density at radius 2 is 1.91 bits per heavy atom. The van der Waals surface area contributed by atoms with Crippen molar-refractivity contribution < 1.29 is 14.5 Å². The Morgan fingerprint density at radius 3 is 2.45 bits per heavy atom. The molecule has 1 atom stereocenters. The van der Waals surface area contributed by atoms with E-state index in [1.54, 1.807) is 21.3 Å². The normalized spacial score (nSPS) is 19.2. The van der Waals surface area contributed by atoms with Crippen molar-refractivity contribution in [1.82, 2.24) is 5.32 Å². The lowest BCUT2D eigenvalue weighted by Gasteiger charge is -2.37. The summed E-state index contributed by atoms with van der Waals surface area (Å²) in [4.78, 5) is 0. The van der Waals surface area contributed by atoms with Crippen LogP contribution in [0.2, 0.25) is 0 Å². The van der Waals surface area contributed by atoms with E-state index in [-0.39, 0.29) is 0 Å². The summed E-state index contributed by atoms with van der Waals surface area (Å²) < 4.78 is 11.5. The second-order valence-electron chi connectivity index (χ2n) is 6.98. The molecule has 0 spiro atoms. The van der Waals surface area contributed by atoms with Crippen molar-refractivity contribution >= 4 is 12.9 Å². The van der Waals surface area contributed by atoms with Crippen LogP contribution in [0.3, 0.4) is 0 Å². The highest BCUT2D eigenvalue weighted by molar-refractivity contribution is 6.47. The van der Waals surface area contributed by atoms with Crippen LogP contribution in [0, 0.1) is 0 Å². The Kier molecular flexibility index (Phi) is 5.53. The molecule has 0 aliphatic carbocycles. The third-order valence-electron chi connectivity index (χ3n) is 4.46. The Labute approximate surface area is 134 Å². The van der Waals surface area contributed by atoms with Gasteiger partial charge in [-0.1, -0.05) is 17.6 Å². The van der Waals surface area contributed by atoms with E-state index in [1.165, 1.54) is 12.8 Å². The molecule has 0 aromatic heterocycles. The van der Waals surface area contributed by atoms with Crippen molar-refractivity contribution in [3.8, 4) is 5.75 Å².